The first-order valence-corrected chi connectivity index (χ1v) is 3.92. The molecule has 1 unspecified atom stereocenters. The lowest BCUT2D eigenvalue weighted by atomic mass is 10.0. The summed E-state index contributed by atoms with van der Waals surface area (Å²) in [5.41, 5.74) is 5.39. The van der Waals surface area contributed by atoms with E-state index in [-0.39, 0.29) is 0 Å². The Balaban J connectivity index is 3.26. The molecule has 0 aliphatic heterocycles. The van der Waals surface area contributed by atoms with Crippen molar-refractivity contribution in [1.29, 1.82) is 0 Å². The molecule has 0 saturated heterocycles. The Kier molecular flexibility index (Phi) is 5.22. The predicted octanol–water partition coefficient (Wildman–Crippen LogP) is 1.34. The van der Waals surface area contributed by atoms with Crippen molar-refractivity contribution >= 4 is 5.78 Å². The molecule has 0 aliphatic rings. The van der Waals surface area contributed by atoms with Crippen LogP contribution in [0.2, 0.25) is 0 Å². The quantitative estimate of drug-likeness (QED) is 0.631. The van der Waals surface area contributed by atoms with Crippen molar-refractivity contribution in [1.82, 2.24) is 0 Å². The highest BCUT2D eigenvalue weighted by Crippen LogP contribution is 2.04. The number of hydrogen-bond acceptors (Lipinski definition) is 2. The van der Waals surface area contributed by atoms with E-state index in [1.54, 1.807) is 0 Å². The minimum atomic E-state index is 0.348. The van der Waals surface area contributed by atoms with E-state index in [1.807, 2.05) is 6.92 Å². The molecule has 0 saturated carbocycles. The van der Waals surface area contributed by atoms with E-state index in [0.717, 1.165) is 6.42 Å². The Morgan fingerprint density at radius 1 is 1.60 bits per heavy atom. The fourth-order valence-electron chi connectivity index (χ4n) is 0.702. The molecule has 0 aromatic rings. The van der Waals surface area contributed by atoms with E-state index in [4.69, 9.17) is 5.73 Å². The minimum absolute atomic E-state index is 0.348. The van der Waals surface area contributed by atoms with Crippen LogP contribution >= 0.6 is 0 Å². The number of Topliss-reactive ketones (excluding diaryl/α,β-unsaturated/α-hetero) is 1. The average molecular weight is 143 g/mol. The lowest BCUT2D eigenvalue weighted by Crippen LogP contribution is -2.11. The fourth-order valence-corrected chi connectivity index (χ4v) is 0.702. The van der Waals surface area contributed by atoms with Crippen molar-refractivity contribution in [3.8, 4) is 0 Å². The molecule has 0 amide bonds. The molecule has 0 fully saturated rings. The van der Waals surface area contributed by atoms with Crippen LogP contribution in [0.15, 0.2) is 0 Å². The van der Waals surface area contributed by atoms with Crippen molar-refractivity contribution in [2.24, 2.45) is 11.7 Å². The molecule has 10 heavy (non-hydrogen) atoms. The first kappa shape index (κ1) is 9.63. The number of hydrogen-bond donors (Lipinski definition) is 1. The van der Waals surface area contributed by atoms with Crippen molar-refractivity contribution < 1.29 is 4.79 Å². The summed E-state index contributed by atoms with van der Waals surface area (Å²) in [4.78, 5) is 10.8. The first-order valence-electron chi connectivity index (χ1n) is 3.92. The van der Waals surface area contributed by atoms with Crippen LogP contribution in [0.4, 0.5) is 0 Å². The Morgan fingerprint density at radius 2 is 2.20 bits per heavy atom. The van der Waals surface area contributed by atoms with Crippen LogP contribution in [-0.2, 0) is 4.79 Å². The highest BCUT2D eigenvalue weighted by molar-refractivity contribution is 5.77. The molecule has 0 rings (SSSR count). The lowest BCUT2D eigenvalue weighted by molar-refractivity contribution is -0.119. The van der Waals surface area contributed by atoms with Crippen LogP contribution in [0.25, 0.3) is 0 Å². The number of rotatable bonds is 5. The topological polar surface area (TPSA) is 43.1 Å². The molecule has 0 bridgehead atoms. The molecule has 0 aromatic carbocycles. The van der Waals surface area contributed by atoms with E-state index < -0.39 is 0 Å². The fraction of sp³-hybridized carbons (Fsp3) is 0.875. The number of ketones is 1. The lowest BCUT2D eigenvalue weighted by Gasteiger charge is -2.05. The van der Waals surface area contributed by atoms with Gasteiger partial charge in [0.25, 0.3) is 0 Å². The van der Waals surface area contributed by atoms with Gasteiger partial charge in [0.2, 0.25) is 0 Å². The molecular weight excluding hydrogens is 126 g/mol. The Labute approximate surface area is 62.8 Å². The maximum absolute atomic E-state index is 10.8. The van der Waals surface area contributed by atoms with Gasteiger partial charge in [-0.3, -0.25) is 4.79 Å². The molecule has 0 spiro atoms. The average Bonchev–Trinajstić information content (AvgIpc) is 1.99. The van der Waals surface area contributed by atoms with Crippen molar-refractivity contribution in [2.45, 2.75) is 33.1 Å². The largest absolute Gasteiger partial charge is 0.330 e. The molecule has 0 aromatic heterocycles. The van der Waals surface area contributed by atoms with Gasteiger partial charge in [-0.2, -0.15) is 0 Å². The molecular formula is C8H17NO. The zero-order valence-corrected chi connectivity index (χ0v) is 6.89. The van der Waals surface area contributed by atoms with Gasteiger partial charge < -0.3 is 5.73 Å². The van der Waals surface area contributed by atoms with Gasteiger partial charge in [0.1, 0.15) is 5.78 Å². The highest BCUT2D eigenvalue weighted by Gasteiger charge is 2.02. The molecule has 1 atom stereocenters. The summed E-state index contributed by atoms with van der Waals surface area (Å²) >= 11 is 0. The van der Waals surface area contributed by atoms with E-state index in [0.29, 0.717) is 31.1 Å². The van der Waals surface area contributed by atoms with Crippen LogP contribution in [0.3, 0.4) is 0 Å². The van der Waals surface area contributed by atoms with Crippen molar-refractivity contribution in [2.75, 3.05) is 6.54 Å². The summed E-state index contributed by atoms with van der Waals surface area (Å²) in [6, 6.07) is 0. The summed E-state index contributed by atoms with van der Waals surface area (Å²) in [5, 5.41) is 0. The van der Waals surface area contributed by atoms with Gasteiger partial charge in [0, 0.05) is 12.8 Å². The van der Waals surface area contributed by atoms with Crippen LogP contribution in [0.1, 0.15) is 33.1 Å². The van der Waals surface area contributed by atoms with Gasteiger partial charge in [-0.05, 0) is 18.9 Å². The van der Waals surface area contributed by atoms with Crippen molar-refractivity contribution in [3.05, 3.63) is 0 Å². The first-order chi connectivity index (χ1) is 4.70. The van der Waals surface area contributed by atoms with Crippen LogP contribution < -0.4 is 5.73 Å². The van der Waals surface area contributed by atoms with E-state index in [1.165, 1.54) is 0 Å². The second kappa shape index (κ2) is 5.42. The van der Waals surface area contributed by atoms with Gasteiger partial charge >= 0.3 is 0 Å². The molecule has 0 heterocycles. The van der Waals surface area contributed by atoms with Gasteiger partial charge in [0.05, 0.1) is 0 Å². The second-order valence-electron chi connectivity index (χ2n) is 2.77. The number of nitrogens with two attached hydrogens (primary N) is 1. The third-order valence-electron chi connectivity index (χ3n) is 1.71. The van der Waals surface area contributed by atoms with E-state index >= 15 is 0 Å². The maximum Gasteiger partial charge on any atom is 0.132 e. The predicted molar refractivity (Wildman–Crippen MR) is 42.8 cm³/mol. The van der Waals surface area contributed by atoms with Gasteiger partial charge in [-0.15, -0.1) is 0 Å². The summed E-state index contributed by atoms with van der Waals surface area (Å²) in [7, 11) is 0. The Hall–Kier alpha value is -0.370. The summed E-state index contributed by atoms with van der Waals surface area (Å²) in [6.07, 6.45) is 2.31. The van der Waals surface area contributed by atoms with Gasteiger partial charge in [-0.25, -0.2) is 0 Å². The molecule has 0 radical (unpaired) electrons. The number of carbonyl (C=O) groups is 1. The van der Waals surface area contributed by atoms with Crippen LogP contribution in [0.5, 0.6) is 0 Å². The van der Waals surface area contributed by atoms with E-state index in [9.17, 15) is 4.79 Å². The molecule has 0 aliphatic carbocycles. The monoisotopic (exact) mass is 143 g/mol. The van der Waals surface area contributed by atoms with Crippen molar-refractivity contribution in [3.63, 3.8) is 0 Å². The van der Waals surface area contributed by atoms with Gasteiger partial charge in [0.15, 0.2) is 0 Å². The SMILES string of the molecule is CCC(=O)CCC(C)CN. The molecule has 2 nitrogen and oxygen atoms in total. The second-order valence-corrected chi connectivity index (χ2v) is 2.77. The summed E-state index contributed by atoms with van der Waals surface area (Å²) in [5.74, 6) is 0.843. The zero-order valence-electron chi connectivity index (χ0n) is 6.89. The smallest absolute Gasteiger partial charge is 0.132 e. The third kappa shape index (κ3) is 4.50. The van der Waals surface area contributed by atoms with Crippen LogP contribution in [-0.4, -0.2) is 12.3 Å². The molecule has 60 valence electrons. The Morgan fingerprint density at radius 3 is 2.60 bits per heavy atom. The normalized spacial score (nSPS) is 13.1. The van der Waals surface area contributed by atoms with Gasteiger partial charge in [-0.1, -0.05) is 13.8 Å². The summed E-state index contributed by atoms with van der Waals surface area (Å²) in [6.45, 7) is 4.66. The number of carbonyl (C=O) groups excluding carboxylic acids is 1. The standard InChI is InChI=1S/C8H17NO/c1-3-8(10)5-4-7(2)6-9/h7H,3-6,9H2,1-2H3. The minimum Gasteiger partial charge on any atom is -0.330 e. The molecule has 2 heteroatoms. The van der Waals surface area contributed by atoms with Crippen LogP contribution in [0, 0.1) is 5.92 Å². The maximum atomic E-state index is 10.8. The Bertz CT molecular complexity index is 101. The highest BCUT2D eigenvalue weighted by atomic mass is 16.1. The third-order valence-corrected chi connectivity index (χ3v) is 1.71. The summed E-state index contributed by atoms with van der Waals surface area (Å²) < 4.78 is 0. The van der Waals surface area contributed by atoms with E-state index in [2.05, 4.69) is 6.92 Å². The molecule has 2 N–H and O–H groups in total. The zero-order chi connectivity index (χ0) is 7.98.